The van der Waals surface area contributed by atoms with Crippen molar-refractivity contribution in [2.75, 3.05) is 0 Å². The standard InChI is InChI=1S/C16H9F7O/c17-13-14(24-13,9-4-2-1-3-5-9)10-6-11(15(18,19)20)8-12(7-10)16(21,22)23/h1-8,13H. The van der Waals surface area contributed by atoms with Gasteiger partial charge in [0, 0.05) is 0 Å². The molecule has 1 aliphatic rings. The van der Waals surface area contributed by atoms with Gasteiger partial charge in [0.15, 0.2) is 5.60 Å². The number of alkyl halides is 7. The molecule has 0 bridgehead atoms. The Hall–Kier alpha value is -2.09. The minimum absolute atomic E-state index is 0.00217. The second-order valence-electron chi connectivity index (χ2n) is 5.33. The van der Waals surface area contributed by atoms with Crippen LogP contribution in [0.3, 0.4) is 0 Å². The first-order valence-electron chi connectivity index (χ1n) is 6.72. The van der Waals surface area contributed by atoms with E-state index in [9.17, 15) is 30.7 Å². The van der Waals surface area contributed by atoms with Crippen molar-refractivity contribution in [2.45, 2.75) is 24.3 Å². The highest BCUT2D eigenvalue weighted by molar-refractivity contribution is 5.46. The smallest absolute Gasteiger partial charge is 0.323 e. The molecule has 2 aromatic rings. The average Bonchev–Trinajstić information content (AvgIpc) is 3.19. The Labute approximate surface area is 131 Å². The lowest BCUT2D eigenvalue weighted by Crippen LogP contribution is -2.18. The molecule has 24 heavy (non-hydrogen) atoms. The predicted octanol–water partition coefficient (Wildman–Crippen LogP) is 5.29. The van der Waals surface area contributed by atoms with Gasteiger partial charge in [0.2, 0.25) is 6.36 Å². The van der Waals surface area contributed by atoms with E-state index in [1.807, 2.05) is 0 Å². The lowest BCUT2D eigenvalue weighted by atomic mass is 9.88. The lowest BCUT2D eigenvalue weighted by Gasteiger charge is -2.18. The second-order valence-corrected chi connectivity index (χ2v) is 5.33. The molecule has 2 atom stereocenters. The minimum Gasteiger partial charge on any atom is -0.323 e. The largest absolute Gasteiger partial charge is 0.416 e. The zero-order valence-electron chi connectivity index (χ0n) is 11.8. The van der Waals surface area contributed by atoms with E-state index in [-0.39, 0.29) is 11.6 Å². The van der Waals surface area contributed by atoms with E-state index in [4.69, 9.17) is 4.74 Å². The highest BCUT2D eigenvalue weighted by Crippen LogP contribution is 2.53. The number of halogens is 7. The summed E-state index contributed by atoms with van der Waals surface area (Å²) in [5.74, 6) is 0. The Kier molecular flexibility index (Phi) is 3.63. The Morgan fingerprint density at radius 2 is 1.21 bits per heavy atom. The van der Waals surface area contributed by atoms with E-state index in [0.29, 0.717) is 12.1 Å². The maximum Gasteiger partial charge on any atom is 0.416 e. The fourth-order valence-electron chi connectivity index (χ4n) is 2.55. The maximum atomic E-state index is 13.9. The second kappa shape index (κ2) is 5.20. The highest BCUT2D eigenvalue weighted by Gasteiger charge is 2.61. The number of ether oxygens (including phenoxy) is 1. The maximum absolute atomic E-state index is 13.9. The van der Waals surface area contributed by atoms with E-state index in [0.717, 1.165) is 0 Å². The van der Waals surface area contributed by atoms with Crippen LogP contribution < -0.4 is 0 Å². The van der Waals surface area contributed by atoms with Crippen LogP contribution in [0.4, 0.5) is 30.7 Å². The topological polar surface area (TPSA) is 12.5 Å². The third-order valence-corrected chi connectivity index (χ3v) is 3.77. The Morgan fingerprint density at radius 1 is 0.750 bits per heavy atom. The monoisotopic (exact) mass is 350 g/mol. The van der Waals surface area contributed by atoms with Gasteiger partial charge in [0.1, 0.15) is 0 Å². The normalized spacial score (nSPS) is 24.0. The third-order valence-electron chi connectivity index (χ3n) is 3.77. The van der Waals surface area contributed by atoms with Crippen molar-refractivity contribution < 1.29 is 35.5 Å². The van der Waals surface area contributed by atoms with Gasteiger partial charge in [-0.05, 0) is 29.3 Å². The van der Waals surface area contributed by atoms with E-state index >= 15 is 0 Å². The van der Waals surface area contributed by atoms with Gasteiger partial charge in [-0.2, -0.15) is 26.3 Å². The van der Waals surface area contributed by atoms with Gasteiger partial charge in [-0.25, -0.2) is 4.39 Å². The van der Waals surface area contributed by atoms with Gasteiger partial charge in [0.05, 0.1) is 11.1 Å². The van der Waals surface area contributed by atoms with Gasteiger partial charge >= 0.3 is 12.4 Å². The van der Waals surface area contributed by atoms with Crippen LogP contribution in [0.1, 0.15) is 22.3 Å². The molecule has 1 aliphatic heterocycles. The predicted molar refractivity (Wildman–Crippen MR) is 69.6 cm³/mol. The van der Waals surface area contributed by atoms with Gasteiger partial charge in [0.25, 0.3) is 0 Å². The van der Waals surface area contributed by atoms with Crippen molar-refractivity contribution in [3.8, 4) is 0 Å². The van der Waals surface area contributed by atoms with Crippen molar-refractivity contribution >= 4 is 0 Å². The van der Waals surface area contributed by atoms with E-state index in [1.165, 1.54) is 24.3 Å². The van der Waals surface area contributed by atoms with Crippen molar-refractivity contribution in [3.05, 3.63) is 70.8 Å². The highest BCUT2D eigenvalue weighted by atomic mass is 19.4. The molecule has 2 aromatic carbocycles. The summed E-state index contributed by atoms with van der Waals surface area (Å²) in [6.07, 6.45) is -12.0. The summed E-state index contributed by atoms with van der Waals surface area (Å²) >= 11 is 0. The molecule has 0 aliphatic carbocycles. The summed E-state index contributed by atoms with van der Waals surface area (Å²) in [6, 6.07) is 8.30. The van der Waals surface area contributed by atoms with Crippen molar-refractivity contribution in [3.63, 3.8) is 0 Å². The SMILES string of the molecule is FC1OC1(c1ccccc1)c1cc(C(F)(F)F)cc(C(F)(F)F)c1. The molecule has 8 heteroatoms. The van der Waals surface area contributed by atoms with Crippen molar-refractivity contribution in [2.24, 2.45) is 0 Å². The van der Waals surface area contributed by atoms with Gasteiger partial charge in [-0.3, -0.25) is 0 Å². The molecule has 0 saturated carbocycles. The molecule has 1 heterocycles. The molecule has 1 fully saturated rings. The Bertz CT molecular complexity index is 719. The van der Waals surface area contributed by atoms with E-state index in [2.05, 4.69) is 0 Å². The van der Waals surface area contributed by atoms with Crippen LogP contribution in [-0.4, -0.2) is 6.36 Å². The molecule has 128 valence electrons. The number of epoxide rings is 1. The molecule has 0 N–H and O–H groups in total. The van der Waals surface area contributed by atoms with Crippen LogP contribution in [-0.2, 0) is 22.7 Å². The Balaban J connectivity index is 2.20. The van der Waals surface area contributed by atoms with Crippen LogP contribution in [0.5, 0.6) is 0 Å². The zero-order valence-corrected chi connectivity index (χ0v) is 11.8. The van der Waals surface area contributed by atoms with Gasteiger partial charge in [-0.15, -0.1) is 0 Å². The minimum atomic E-state index is -5.01. The molecule has 2 unspecified atom stereocenters. The van der Waals surface area contributed by atoms with Gasteiger partial charge in [-0.1, -0.05) is 30.3 Å². The zero-order chi connectivity index (χ0) is 17.8. The molecule has 0 amide bonds. The third kappa shape index (κ3) is 2.75. The molecule has 1 nitrogen and oxygen atoms in total. The summed E-state index contributed by atoms with van der Waals surface area (Å²) in [5, 5.41) is 0. The summed E-state index contributed by atoms with van der Waals surface area (Å²) in [7, 11) is 0. The van der Waals surface area contributed by atoms with Crippen molar-refractivity contribution in [1.29, 1.82) is 0 Å². The fraction of sp³-hybridized carbons (Fsp3) is 0.250. The average molecular weight is 350 g/mol. The molecule has 3 rings (SSSR count). The summed E-state index contributed by atoms with van der Waals surface area (Å²) < 4.78 is 96.3. The molecule has 0 spiro atoms. The van der Waals surface area contributed by atoms with E-state index < -0.39 is 41.0 Å². The number of benzene rings is 2. The first-order chi connectivity index (χ1) is 11.0. The molecule has 0 radical (unpaired) electrons. The van der Waals surface area contributed by atoms with Crippen LogP contribution in [0, 0.1) is 0 Å². The fourth-order valence-corrected chi connectivity index (χ4v) is 2.55. The number of hydrogen-bond acceptors (Lipinski definition) is 1. The number of rotatable bonds is 2. The summed E-state index contributed by atoms with van der Waals surface area (Å²) in [6.45, 7) is 0. The van der Waals surface area contributed by atoms with Crippen LogP contribution in [0.25, 0.3) is 0 Å². The molecular formula is C16H9F7O. The quantitative estimate of drug-likeness (QED) is 0.529. The Morgan fingerprint density at radius 3 is 1.58 bits per heavy atom. The number of hydrogen-bond donors (Lipinski definition) is 0. The summed E-state index contributed by atoms with van der Waals surface area (Å²) in [5.41, 5.74) is -5.35. The van der Waals surface area contributed by atoms with Gasteiger partial charge < -0.3 is 4.74 Å². The molecular weight excluding hydrogens is 341 g/mol. The first-order valence-corrected chi connectivity index (χ1v) is 6.72. The van der Waals surface area contributed by atoms with Crippen LogP contribution in [0.2, 0.25) is 0 Å². The summed E-state index contributed by atoms with van der Waals surface area (Å²) in [4.78, 5) is 0. The molecule has 0 aromatic heterocycles. The van der Waals surface area contributed by atoms with Crippen LogP contribution >= 0.6 is 0 Å². The lowest BCUT2D eigenvalue weighted by molar-refractivity contribution is -0.143. The van der Waals surface area contributed by atoms with Crippen LogP contribution in [0.15, 0.2) is 48.5 Å². The first kappa shape index (κ1) is 16.8. The molecule has 1 saturated heterocycles. The van der Waals surface area contributed by atoms with Crippen molar-refractivity contribution in [1.82, 2.24) is 0 Å². The van der Waals surface area contributed by atoms with E-state index in [1.54, 1.807) is 6.07 Å².